The maximum atomic E-state index is 6.01. The predicted molar refractivity (Wildman–Crippen MR) is 75.1 cm³/mol. The molecule has 2 rings (SSSR count). The van der Waals surface area contributed by atoms with Gasteiger partial charge in [-0.25, -0.2) is 0 Å². The molecule has 0 saturated carbocycles. The van der Waals surface area contributed by atoms with Gasteiger partial charge in [-0.05, 0) is 55.2 Å². The molecule has 0 atom stereocenters. The van der Waals surface area contributed by atoms with Crippen LogP contribution in [0.2, 0.25) is 0 Å². The highest BCUT2D eigenvalue weighted by molar-refractivity contribution is 5.44. The normalized spacial score (nSPS) is 10.4. The lowest BCUT2D eigenvalue weighted by atomic mass is 10.1. The average molecular weight is 241 g/mol. The van der Waals surface area contributed by atoms with E-state index in [2.05, 4.69) is 19.9 Å². The Morgan fingerprint density at radius 3 is 2.44 bits per heavy atom. The van der Waals surface area contributed by atoms with Crippen LogP contribution in [0.4, 0.5) is 0 Å². The van der Waals surface area contributed by atoms with Crippen LogP contribution in [0.1, 0.15) is 22.3 Å². The number of aryl methyl sites for hydroxylation is 2. The Labute approximate surface area is 108 Å². The quantitative estimate of drug-likeness (QED) is 0.885. The van der Waals surface area contributed by atoms with Gasteiger partial charge in [0, 0.05) is 6.54 Å². The lowest BCUT2D eigenvalue weighted by Gasteiger charge is -2.13. The van der Waals surface area contributed by atoms with Gasteiger partial charge >= 0.3 is 0 Å². The Bertz CT molecular complexity index is 561. The molecule has 0 aromatic heterocycles. The van der Waals surface area contributed by atoms with Gasteiger partial charge in [0.2, 0.25) is 0 Å². The Morgan fingerprint density at radius 1 is 0.944 bits per heavy atom. The fraction of sp³-hybridized carbons (Fsp3) is 0.250. The van der Waals surface area contributed by atoms with Crippen molar-refractivity contribution in [1.82, 2.24) is 0 Å². The first-order chi connectivity index (χ1) is 8.61. The van der Waals surface area contributed by atoms with E-state index in [-0.39, 0.29) is 0 Å². The number of hydrogen-bond donors (Lipinski definition) is 1. The van der Waals surface area contributed by atoms with Crippen LogP contribution in [0.25, 0.3) is 0 Å². The SMILES string of the molecule is Cc1ccc(CN)cc1Oc1cccc(C)c1C. The highest BCUT2D eigenvalue weighted by Gasteiger charge is 2.06. The summed E-state index contributed by atoms with van der Waals surface area (Å²) < 4.78 is 6.01. The molecule has 0 heterocycles. The lowest BCUT2D eigenvalue weighted by Crippen LogP contribution is -1.98. The number of rotatable bonds is 3. The zero-order valence-corrected chi connectivity index (χ0v) is 11.2. The maximum absolute atomic E-state index is 6.01. The second kappa shape index (κ2) is 5.23. The van der Waals surface area contributed by atoms with Crippen LogP contribution < -0.4 is 10.5 Å². The van der Waals surface area contributed by atoms with E-state index in [9.17, 15) is 0 Å². The second-order valence-corrected chi connectivity index (χ2v) is 4.60. The molecule has 0 amide bonds. The van der Waals surface area contributed by atoms with Crippen molar-refractivity contribution in [1.29, 1.82) is 0 Å². The molecular formula is C16H19NO. The summed E-state index contributed by atoms with van der Waals surface area (Å²) in [6.45, 7) is 6.74. The standard InChI is InChI=1S/C16H19NO/c1-11-5-4-6-15(13(11)3)18-16-9-14(10-17)8-7-12(16)2/h4-9H,10,17H2,1-3H3. The molecule has 2 N–H and O–H groups in total. The maximum Gasteiger partial charge on any atom is 0.130 e. The molecule has 0 aliphatic heterocycles. The summed E-state index contributed by atoms with van der Waals surface area (Å²) in [6, 6.07) is 12.2. The van der Waals surface area contributed by atoms with Gasteiger partial charge in [-0.15, -0.1) is 0 Å². The zero-order chi connectivity index (χ0) is 13.1. The van der Waals surface area contributed by atoms with Gasteiger partial charge in [0.1, 0.15) is 11.5 Å². The number of nitrogens with two attached hydrogens (primary N) is 1. The van der Waals surface area contributed by atoms with E-state index in [1.54, 1.807) is 0 Å². The van der Waals surface area contributed by atoms with Gasteiger partial charge in [-0.1, -0.05) is 24.3 Å². The Balaban J connectivity index is 2.36. The van der Waals surface area contributed by atoms with E-state index in [0.29, 0.717) is 6.54 Å². The van der Waals surface area contributed by atoms with Crippen LogP contribution in [-0.2, 0) is 6.54 Å². The molecule has 0 aliphatic carbocycles. The van der Waals surface area contributed by atoms with Crippen molar-refractivity contribution in [2.45, 2.75) is 27.3 Å². The van der Waals surface area contributed by atoms with Crippen molar-refractivity contribution in [2.24, 2.45) is 5.73 Å². The van der Waals surface area contributed by atoms with E-state index in [1.165, 1.54) is 11.1 Å². The first kappa shape index (κ1) is 12.7. The van der Waals surface area contributed by atoms with E-state index >= 15 is 0 Å². The van der Waals surface area contributed by atoms with Crippen LogP contribution in [0, 0.1) is 20.8 Å². The zero-order valence-electron chi connectivity index (χ0n) is 11.2. The summed E-state index contributed by atoms with van der Waals surface area (Å²) in [6.07, 6.45) is 0. The Hall–Kier alpha value is -1.80. The van der Waals surface area contributed by atoms with Crippen molar-refractivity contribution in [2.75, 3.05) is 0 Å². The second-order valence-electron chi connectivity index (χ2n) is 4.60. The molecule has 0 fully saturated rings. The largest absolute Gasteiger partial charge is 0.457 e. The van der Waals surface area contributed by atoms with Crippen LogP contribution in [0.5, 0.6) is 11.5 Å². The van der Waals surface area contributed by atoms with E-state index in [1.807, 2.05) is 37.3 Å². The van der Waals surface area contributed by atoms with E-state index in [0.717, 1.165) is 22.6 Å². The molecule has 2 aromatic carbocycles. The monoisotopic (exact) mass is 241 g/mol. The summed E-state index contributed by atoms with van der Waals surface area (Å²) in [4.78, 5) is 0. The average Bonchev–Trinajstić information content (AvgIpc) is 2.37. The third kappa shape index (κ3) is 2.54. The summed E-state index contributed by atoms with van der Waals surface area (Å²) in [5.41, 5.74) is 10.3. The summed E-state index contributed by atoms with van der Waals surface area (Å²) in [5, 5.41) is 0. The van der Waals surface area contributed by atoms with Gasteiger partial charge < -0.3 is 10.5 Å². The Kier molecular flexibility index (Phi) is 3.68. The summed E-state index contributed by atoms with van der Waals surface area (Å²) in [5.74, 6) is 1.79. The molecule has 0 saturated heterocycles. The molecular weight excluding hydrogens is 222 g/mol. The van der Waals surface area contributed by atoms with Gasteiger partial charge in [0.05, 0.1) is 0 Å². The summed E-state index contributed by atoms with van der Waals surface area (Å²) in [7, 11) is 0. The van der Waals surface area contributed by atoms with Gasteiger partial charge in [0.15, 0.2) is 0 Å². The van der Waals surface area contributed by atoms with E-state index in [4.69, 9.17) is 10.5 Å². The first-order valence-electron chi connectivity index (χ1n) is 6.15. The third-order valence-corrected chi connectivity index (χ3v) is 3.26. The van der Waals surface area contributed by atoms with Gasteiger partial charge in [-0.3, -0.25) is 0 Å². The minimum atomic E-state index is 0.531. The predicted octanol–water partition coefficient (Wildman–Crippen LogP) is 3.86. The molecule has 0 bridgehead atoms. The highest BCUT2D eigenvalue weighted by Crippen LogP contribution is 2.29. The van der Waals surface area contributed by atoms with Gasteiger partial charge in [-0.2, -0.15) is 0 Å². The highest BCUT2D eigenvalue weighted by atomic mass is 16.5. The Morgan fingerprint density at radius 2 is 1.72 bits per heavy atom. The van der Waals surface area contributed by atoms with Crippen molar-refractivity contribution in [3.63, 3.8) is 0 Å². The van der Waals surface area contributed by atoms with Crippen LogP contribution in [-0.4, -0.2) is 0 Å². The van der Waals surface area contributed by atoms with Crippen molar-refractivity contribution in [3.05, 3.63) is 58.7 Å². The molecule has 2 aromatic rings. The molecule has 0 radical (unpaired) electrons. The molecule has 18 heavy (non-hydrogen) atoms. The molecule has 2 heteroatoms. The minimum Gasteiger partial charge on any atom is -0.457 e. The van der Waals surface area contributed by atoms with Crippen LogP contribution >= 0.6 is 0 Å². The van der Waals surface area contributed by atoms with E-state index < -0.39 is 0 Å². The smallest absolute Gasteiger partial charge is 0.130 e. The van der Waals surface area contributed by atoms with Crippen LogP contribution in [0.3, 0.4) is 0 Å². The number of benzene rings is 2. The van der Waals surface area contributed by atoms with Crippen molar-refractivity contribution < 1.29 is 4.74 Å². The van der Waals surface area contributed by atoms with Crippen molar-refractivity contribution >= 4 is 0 Å². The fourth-order valence-electron chi connectivity index (χ4n) is 1.83. The van der Waals surface area contributed by atoms with Crippen molar-refractivity contribution in [3.8, 4) is 11.5 Å². The van der Waals surface area contributed by atoms with Crippen LogP contribution in [0.15, 0.2) is 36.4 Å². The lowest BCUT2D eigenvalue weighted by molar-refractivity contribution is 0.474. The third-order valence-electron chi connectivity index (χ3n) is 3.26. The fourth-order valence-corrected chi connectivity index (χ4v) is 1.83. The molecule has 0 spiro atoms. The molecule has 94 valence electrons. The molecule has 0 aliphatic rings. The summed E-state index contributed by atoms with van der Waals surface area (Å²) >= 11 is 0. The number of ether oxygens (including phenoxy) is 1. The topological polar surface area (TPSA) is 35.2 Å². The number of hydrogen-bond acceptors (Lipinski definition) is 2. The minimum absolute atomic E-state index is 0.531. The molecule has 0 unspecified atom stereocenters. The van der Waals surface area contributed by atoms with Gasteiger partial charge in [0.25, 0.3) is 0 Å². The molecule has 2 nitrogen and oxygen atoms in total. The first-order valence-corrected chi connectivity index (χ1v) is 6.15.